The van der Waals surface area contributed by atoms with Gasteiger partial charge in [-0.3, -0.25) is 0 Å². The first-order chi connectivity index (χ1) is 22.7. The second kappa shape index (κ2) is 12.5. The van der Waals surface area contributed by atoms with Crippen molar-refractivity contribution in [1.82, 2.24) is 4.90 Å². The summed E-state index contributed by atoms with van der Waals surface area (Å²) in [4.78, 5) is 15.5. The Morgan fingerprint density at radius 1 is 0.918 bits per heavy atom. The van der Waals surface area contributed by atoms with Crippen LogP contribution < -0.4 is 0 Å². The average molecular weight is 696 g/mol. The number of ether oxygens (including phenoxy) is 1. The maximum atomic E-state index is 13.7. The second-order valence-electron chi connectivity index (χ2n) is 19.7. The van der Waals surface area contributed by atoms with Gasteiger partial charge in [-0.15, -0.1) is 0 Å². The molecule has 274 valence electrons. The zero-order chi connectivity index (χ0) is 35.9. The van der Waals surface area contributed by atoms with Crippen LogP contribution in [0.5, 0.6) is 0 Å². The summed E-state index contributed by atoms with van der Waals surface area (Å²) in [6.45, 7) is 23.5. The molecular formula is C43H66ClNO4. The first-order valence-electron chi connectivity index (χ1n) is 19.5. The number of hydrogen-bond acceptors (Lipinski definition) is 4. The molecule has 9 atom stereocenters. The minimum Gasteiger partial charge on any atom is -0.444 e. The quantitative estimate of drug-likeness (QED) is 0.291. The molecule has 0 aromatic heterocycles. The van der Waals surface area contributed by atoms with Crippen molar-refractivity contribution in [2.24, 2.45) is 50.7 Å². The molecule has 4 fully saturated rings. The summed E-state index contributed by atoms with van der Waals surface area (Å²) in [7, 11) is 0. The lowest BCUT2D eigenvalue weighted by molar-refractivity contribution is -0.230. The van der Waals surface area contributed by atoms with Gasteiger partial charge in [-0.2, -0.15) is 0 Å². The van der Waals surface area contributed by atoms with Crippen molar-refractivity contribution in [2.45, 2.75) is 158 Å². The molecule has 0 aliphatic heterocycles. The lowest BCUT2D eigenvalue weighted by atomic mass is 9.33. The molecule has 1 unspecified atom stereocenters. The smallest absolute Gasteiger partial charge is 0.410 e. The zero-order valence-corrected chi connectivity index (χ0v) is 33.1. The molecule has 5 aliphatic rings. The van der Waals surface area contributed by atoms with Gasteiger partial charge in [0.25, 0.3) is 0 Å². The molecular weight excluding hydrogens is 630 g/mol. The molecule has 1 amide bonds. The van der Waals surface area contributed by atoms with Gasteiger partial charge in [0, 0.05) is 17.0 Å². The molecule has 5 nitrogen and oxygen atoms in total. The van der Waals surface area contributed by atoms with E-state index in [9.17, 15) is 15.0 Å². The lowest BCUT2D eigenvalue weighted by Gasteiger charge is -2.72. The molecule has 2 N–H and O–H groups in total. The van der Waals surface area contributed by atoms with E-state index in [1.165, 1.54) is 25.7 Å². The summed E-state index contributed by atoms with van der Waals surface area (Å²) < 4.78 is 5.92. The van der Waals surface area contributed by atoms with E-state index in [1.807, 2.05) is 45.0 Å². The first-order valence-corrected chi connectivity index (χ1v) is 19.9. The maximum absolute atomic E-state index is 13.7. The predicted octanol–water partition coefficient (Wildman–Crippen LogP) is 10.6. The largest absolute Gasteiger partial charge is 0.444 e. The van der Waals surface area contributed by atoms with E-state index in [4.69, 9.17) is 16.3 Å². The van der Waals surface area contributed by atoms with Gasteiger partial charge in [0.2, 0.25) is 0 Å². The minimum absolute atomic E-state index is 0.0528. The Bertz CT molecular complexity index is 1440. The molecule has 0 spiro atoms. The zero-order valence-electron chi connectivity index (χ0n) is 32.3. The van der Waals surface area contributed by atoms with E-state index in [0.29, 0.717) is 35.2 Å². The van der Waals surface area contributed by atoms with E-state index < -0.39 is 11.7 Å². The molecule has 49 heavy (non-hydrogen) atoms. The number of hydrogen-bond donors (Lipinski definition) is 2. The third-order valence-corrected chi connectivity index (χ3v) is 15.9. The van der Waals surface area contributed by atoms with Crippen molar-refractivity contribution >= 4 is 17.7 Å². The Balaban J connectivity index is 1.34. The van der Waals surface area contributed by atoms with Crippen LogP contribution >= 0.6 is 11.6 Å². The fourth-order valence-corrected chi connectivity index (χ4v) is 13.1. The summed E-state index contributed by atoms with van der Waals surface area (Å²) in [6.07, 6.45) is 9.61. The van der Waals surface area contributed by atoms with Crippen LogP contribution in [0.4, 0.5) is 4.79 Å². The van der Waals surface area contributed by atoms with E-state index >= 15 is 0 Å². The number of carbonyl (C=O) groups is 1. The topological polar surface area (TPSA) is 70.0 Å². The van der Waals surface area contributed by atoms with Gasteiger partial charge in [0.15, 0.2) is 0 Å². The minimum atomic E-state index is -0.678. The molecule has 1 aromatic rings. The summed E-state index contributed by atoms with van der Waals surface area (Å²) in [5, 5.41) is 24.4. The van der Waals surface area contributed by atoms with Gasteiger partial charge in [0.1, 0.15) is 5.60 Å². The van der Waals surface area contributed by atoms with Crippen molar-refractivity contribution in [3.63, 3.8) is 0 Å². The fourth-order valence-electron chi connectivity index (χ4n) is 12.9. The number of rotatable bonds is 6. The van der Waals surface area contributed by atoms with Crippen molar-refractivity contribution in [2.75, 3.05) is 6.54 Å². The number of aliphatic hydroxyl groups excluding tert-OH is 2. The van der Waals surface area contributed by atoms with E-state index in [0.717, 1.165) is 44.1 Å². The average Bonchev–Trinajstić information content (AvgIpc) is 3.41. The van der Waals surface area contributed by atoms with Gasteiger partial charge in [-0.05, 0) is 148 Å². The third kappa shape index (κ3) is 5.92. The Kier molecular flexibility index (Phi) is 9.52. The van der Waals surface area contributed by atoms with E-state index in [1.54, 1.807) is 16.0 Å². The Morgan fingerprint density at radius 3 is 2.22 bits per heavy atom. The number of fused-ring (bicyclic) bond motifs is 7. The molecule has 6 heteroatoms. The van der Waals surface area contributed by atoms with Crippen LogP contribution in [0.2, 0.25) is 5.02 Å². The van der Waals surface area contributed by atoms with Gasteiger partial charge in [-0.25, -0.2) is 4.79 Å². The number of amides is 1. The maximum Gasteiger partial charge on any atom is 0.410 e. The molecule has 5 aliphatic carbocycles. The molecule has 1 aromatic carbocycles. The SMILES string of the molecule is CC(C)C1=C2[C@H]3CC[C@@H]4[C@@]5(C)CC[C@H](O)C(C)(C)[C@@H]5CC[C@@]4(C)[C@]3(C)CC[C@@]2(C(O)CN(Cc2ccc(Cl)cc2)C(=O)OC(C)(C)C)CC1. The van der Waals surface area contributed by atoms with Crippen LogP contribution in [0.15, 0.2) is 35.4 Å². The number of nitrogens with zero attached hydrogens (tertiary/aromatic N) is 1. The number of allylic oxidation sites excluding steroid dienone is 1. The van der Waals surface area contributed by atoms with Crippen LogP contribution in [0.1, 0.15) is 139 Å². The standard InChI is InChI=1S/C43H66ClNO4/c1-27(2)30-17-22-43(35(47)26-45(37(48)49-38(3,4)5)25-28-11-13-29(44)14-12-28)24-23-41(9)31(36(30)43)15-16-33-40(8)20-19-34(46)39(6,7)32(40)18-21-42(33,41)10/h11-14,27,31-35,46-47H,15-26H2,1-10H3/t31-,32+,33-,34+,35?,40+,41-,42-,43-/m1/s1. The first kappa shape index (κ1) is 37.2. The van der Waals surface area contributed by atoms with Crippen molar-refractivity contribution < 1.29 is 19.7 Å². The van der Waals surface area contributed by atoms with Crippen LogP contribution in [-0.2, 0) is 11.3 Å². The number of benzene rings is 1. The van der Waals surface area contributed by atoms with Gasteiger partial charge in [0.05, 0.1) is 18.8 Å². The van der Waals surface area contributed by atoms with Crippen LogP contribution in [0.25, 0.3) is 0 Å². The highest BCUT2D eigenvalue weighted by Crippen LogP contribution is 2.77. The van der Waals surface area contributed by atoms with Crippen LogP contribution in [-0.4, -0.2) is 45.6 Å². The van der Waals surface area contributed by atoms with Gasteiger partial charge >= 0.3 is 6.09 Å². The van der Waals surface area contributed by atoms with Crippen LogP contribution in [0.3, 0.4) is 0 Å². The predicted molar refractivity (Wildman–Crippen MR) is 199 cm³/mol. The van der Waals surface area contributed by atoms with E-state index in [-0.39, 0.29) is 45.8 Å². The summed E-state index contributed by atoms with van der Waals surface area (Å²) in [5.74, 6) is 2.05. The second-order valence-corrected chi connectivity index (χ2v) is 20.2. The molecule has 6 rings (SSSR count). The molecule has 0 bridgehead atoms. The van der Waals surface area contributed by atoms with Crippen molar-refractivity contribution in [3.8, 4) is 0 Å². The monoisotopic (exact) mass is 695 g/mol. The number of aliphatic hydroxyl groups is 2. The highest BCUT2D eigenvalue weighted by atomic mass is 35.5. The lowest BCUT2D eigenvalue weighted by Crippen LogP contribution is -2.66. The Hall–Kier alpha value is -1.56. The fraction of sp³-hybridized carbons (Fsp3) is 0.791. The number of halogens is 1. The Morgan fingerprint density at radius 2 is 1.59 bits per heavy atom. The van der Waals surface area contributed by atoms with E-state index in [2.05, 4.69) is 48.5 Å². The Labute approximate surface area is 302 Å². The molecule has 0 saturated heterocycles. The summed E-state index contributed by atoms with van der Waals surface area (Å²) >= 11 is 6.20. The van der Waals surface area contributed by atoms with Gasteiger partial charge < -0.3 is 19.8 Å². The van der Waals surface area contributed by atoms with Gasteiger partial charge in [-0.1, -0.05) is 83.3 Å². The van der Waals surface area contributed by atoms with Crippen molar-refractivity contribution in [1.29, 1.82) is 0 Å². The highest BCUT2D eigenvalue weighted by molar-refractivity contribution is 6.30. The molecule has 0 heterocycles. The summed E-state index contributed by atoms with van der Waals surface area (Å²) in [5.41, 5.74) is 3.66. The summed E-state index contributed by atoms with van der Waals surface area (Å²) in [6, 6.07) is 7.62. The van der Waals surface area contributed by atoms with Crippen molar-refractivity contribution in [3.05, 3.63) is 46.0 Å². The molecule has 0 radical (unpaired) electrons. The highest BCUT2D eigenvalue weighted by Gasteiger charge is 2.70. The third-order valence-electron chi connectivity index (χ3n) is 15.7. The number of carbonyl (C=O) groups excluding carboxylic acids is 1. The van der Waals surface area contributed by atoms with Crippen LogP contribution in [0, 0.1) is 50.7 Å². The normalized spacial score (nSPS) is 39.1. The molecule has 4 saturated carbocycles.